The number of ether oxygens (including phenoxy) is 1. The minimum Gasteiger partial charge on any atom is -0.481 e. The van der Waals surface area contributed by atoms with E-state index >= 15 is 0 Å². The van der Waals surface area contributed by atoms with Crippen molar-refractivity contribution in [3.05, 3.63) is 113 Å². The number of carboxylic acids is 1. The van der Waals surface area contributed by atoms with Gasteiger partial charge < -0.3 is 31.1 Å². The van der Waals surface area contributed by atoms with Crippen LogP contribution in [0.3, 0.4) is 0 Å². The van der Waals surface area contributed by atoms with E-state index in [2.05, 4.69) is 31.3 Å². The number of rotatable bonds is 14. The van der Waals surface area contributed by atoms with Crippen molar-refractivity contribution in [3.8, 4) is 5.75 Å². The van der Waals surface area contributed by atoms with Crippen molar-refractivity contribution >= 4 is 62.6 Å². The Morgan fingerprint density at radius 2 is 1.43 bits per heavy atom. The number of carbonyl (C=O) groups is 4. The van der Waals surface area contributed by atoms with Gasteiger partial charge in [-0.2, -0.15) is 0 Å². The summed E-state index contributed by atoms with van der Waals surface area (Å²) in [6.07, 6.45) is -0.667. The Hall–Kier alpha value is -6.69. The van der Waals surface area contributed by atoms with Gasteiger partial charge in [0.25, 0.3) is 15.7 Å². The molecular formula is C33H33N7O10S. The molecule has 51 heavy (non-hydrogen) atoms. The van der Waals surface area contributed by atoms with Gasteiger partial charge in [-0.15, -0.1) is 0 Å². The number of nitro benzene ring substituents is 1. The molecule has 0 aliphatic carbocycles. The number of sulfonamides is 1. The second-order valence-electron chi connectivity index (χ2n) is 10.7. The predicted molar refractivity (Wildman–Crippen MR) is 187 cm³/mol. The molecule has 0 aliphatic rings. The molecule has 0 fully saturated rings. The molecule has 0 heterocycles. The number of hydrogen-bond donors (Lipinski definition) is 7. The third-order valence-electron chi connectivity index (χ3n) is 6.81. The summed E-state index contributed by atoms with van der Waals surface area (Å²) in [5, 5.41) is 33.1. The van der Waals surface area contributed by atoms with Crippen LogP contribution >= 0.6 is 0 Å². The zero-order valence-corrected chi connectivity index (χ0v) is 27.7. The number of anilines is 4. The van der Waals surface area contributed by atoms with Crippen LogP contribution in [0.15, 0.2) is 102 Å². The molecule has 7 N–H and O–H groups in total. The van der Waals surface area contributed by atoms with E-state index in [4.69, 9.17) is 4.74 Å². The quantitative estimate of drug-likeness (QED) is 0.0603. The Kier molecular flexibility index (Phi) is 12.5. The summed E-state index contributed by atoms with van der Waals surface area (Å²) in [7, 11) is -4.14. The number of nitro groups is 1. The maximum Gasteiger partial charge on any atom is 0.417 e. The molecule has 1 unspecified atom stereocenters. The van der Waals surface area contributed by atoms with E-state index in [1.54, 1.807) is 0 Å². The second kappa shape index (κ2) is 17.1. The molecule has 4 aromatic carbocycles. The lowest BCUT2D eigenvalue weighted by atomic mass is 10.0. The first-order valence-corrected chi connectivity index (χ1v) is 16.7. The Morgan fingerprint density at radius 1 is 0.804 bits per heavy atom. The number of amides is 5. The molecule has 4 rings (SSSR count). The average molecular weight is 720 g/mol. The molecule has 1 atom stereocenters. The lowest BCUT2D eigenvalue weighted by Crippen LogP contribution is -2.33. The molecule has 0 aliphatic heterocycles. The van der Waals surface area contributed by atoms with E-state index in [9.17, 15) is 42.8 Å². The van der Waals surface area contributed by atoms with Gasteiger partial charge in [0.15, 0.2) is 0 Å². The molecule has 266 valence electrons. The minimum absolute atomic E-state index is 0.0828. The monoisotopic (exact) mass is 719 g/mol. The zero-order valence-electron chi connectivity index (χ0n) is 26.9. The summed E-state index contributed by atoms with van der Waals surface area (Å²) < 4.78 is 33.9. The predicted octanol–water partition coefficient (Wildman–Crippen LogP) is 5.88. The maximum absolute atomic E-state index is 13.2. The largest absolute Gasteiger partial charge is 0.481 e. The Balaban J connectivity index is 1.37. The van der Waals surface area contributed by atoms with E-state index in [-0.39, 0.29) is 33.4 Å². The first-order chi connectivity index (χ1) is 24.3. The molecule has 0 aromatic heterocycles. The number of nitrogens with zero attached hydrogens (tertiary/aromatic N) is 1. The van der Waals surface area contributed by atoms with Crippen LogP contribution < -0.4 is 36.0 Å². The summed E-state index contributed by atoms with van der Waals surface area (Å²) in [6, 6.07) is 19.9. The van der Waals surface area contributed by atoms with Crippen LogP contribution in [0.2, 0.25) is 0 Å². The molecule has 5 amide bonds. The summed E-state index contributed by atoms with van der Waals surface area (Å²) in [4.78, 5) is 58.8. The molecule has 0 spiro atoms. The van der Waals surface area contributed by atoms with Gasteiger partial charge in [0, 0.05) is 41.4 Å². The van der Waals surface area contributed by atoms with Crippen molar-refractivity contribution in [2.45, 2.75) is 30.7 Å². The van der Waals surface area contributed by atoms with E-state index in [1.807, 2.05) is 6.92 Å². The fraction of sp³-hybridized carbons (Fsp3) is 0.152. The topological polar surface area (TPSA) is 247 Å². The van der Waals surface area contributed by atoms with Gasteiger partial charge in [-0.3, -0.25) is 24.9 Å². The maximum atomic E-state index is 13.2. The highest BCUT2D eigenvalue weighted by molar-refractivity contribution is 7.92. The normalized spacial score (nSPS) is 11.3. The van der Waals surface area contributed by atoms with Crippen molar-refractivity contribution in [2.24, 2.45) is 0 Å². The molecule has 17 nitrogen and oxygen atoms in total. The van der Waals surface area contributed by atoms with E-state index in [1.165, 1.54) is 97.1 Å². The molecule has 18 heteroatoms. The standard InChI is InChI=1S/C33H33N7O10S/c1-2-17-34-31(43)36-24-6-4-8-28(19-24)51(48,49)39-25-7-3-5-21(18-25)29(20-30(41)42)38-32(44)35-22-9-11-23(12-10-22)37-33(45)50-27-15-13-26(14-16-27)40(46)47/h3-16,18-19,29,39H,2,17,20H2,1H3,(H,37,45)(H,41,42)(H2,34,36,43)(H2,35,38,44). The van der Waals surface area contributed by atoms with Crippen LogP contribution in [0.5, 0.6) is 5.75 Å². The third-order valence-corrected chi connectivity index (χ3v) is 8.19. The van der Waals surface area contributed by atoms with E-state index in [0.29, 0.717) is 17.8 Å². The zero-order chi connectivity index (χ0) is 37.0. The lowest BCUT2D eigenvalue weighted by Gasteiger charge is -2.19. The number of urea groups is 2. The first kappa shape index (κ1) is 37.1. The lowest BCUT2D eigenvalue weighted by molar-refractivity contribution is -0.384. The van der Waals surface area contributed by atoms with Gasteiger partial charge in [-0.25, -0.2) is 22.8 Å². The number of benzene rings is 4. The van der Waals surface area contributed by atoms with Gasteiger partial charge in [0.05, 0.1) is 22.3 Å². The summed E-state index contributed by atoms with van der Waals surface area (Å²) >= 11 is 0. The third kappa shape index (κ3) is 11.5. The van der Waals surface area contributed by atoms with Crippen molar-refractivity contribution < 1.29 is 42.4 Å². The van der Waals surface area contributed by atoms with Crippen LogP contribution in [0, 0.1) is 10.1 Å². The highest BCUT2D eigenvalue weighted by Gasteiger charge is 2.21. The highest BCUT2D eigenvalue weighted by Crippen LogP contribution is 2.25. The van der Waals surface area contributed by atoms with Crippen molar-refractivity contribution in [1.29, 1.82) is 0 Å². The molecule has 0 saturated heterocycles. The summed E-state index contributed by atoms with van der Waals surface area (Å²) in [5.41, 5.74) is 1.07. The second-order valence-corrected chi connectivity index (χ2v) is 12.4. The van der Waals surface area contributed by atoms with E-state index < -0.39 is 51.5 Å². The van der Waals surface area contributed by atoms with Gasteiger partial charge >= 0.3 is 24.1 Å². The molecule has 4 aromatic rings. The Morgan fingerprint density at radius 3 is 2.08 bits per heavy atom. The van der Waals surface area contributed by atoms with Crippen LogP contribution in [-0.4, -0.2) is 49.1 Å². The van der Waals surface area contributed by atoms with Crippen LogP contribution in [0.4, 0.5) is 42.8 Å². The number of hydrogen-bond acceptors (Lipinski definition) is 9. The van der Waals surface area contributed by atoms with Gasteiger partial charge in [0.1, 0.15) is 5.75 Å². The summed E-state index contributed by atoms with van der Waals surface area (Å²) in [6.45, 7) is 2.34. The fourth-order valence-electron chi connectivity index (χ4n) is 4.46. The van der Waals surface area contributed by atoms with Crippen molar-refractivity contribution in [2.75, 3.05) is 27.2 Å². The number of nitrogens with one attached hydrogen (secondary N) is 6. The molecule has 0 radical (unpaired) electrons. The van der Waals surface area contributed by atoms with Gasteiger partial charge in [-0.05, 0) is 78.7 Å². The minimum atomic E-state index is -4.14. The average Bonchev–Trinajstić information content (AvgIpc) is 3.08. The Bertz CT molecular complexity index is 2010. The molecule has 0 bridgehead atoms. The number of carbonyl (C=O) groups excluding carboxylic acids is 3. The van der Waals surface area contributed by atoms with Crippen LogP contribution in [-0.2, 0) is 14.8 Å². The number of carboxylic acid groups (broad SMARTS) is 1. The SMILES string of the molecule is CCCNC(=O)Nc1cccc(S(=O)(=O)Nc2cccc(C(CC(=O)O)NC(=O)Nc3ccc(NC(=O)Oc4ccc([N+](=O)[O-])cc4)cc3)c2)c1. The van der Waals surface area contributed by atoms with Gasteiger partial charge in [0.2, 0.25) is 0 Å². The number of non-ortho nitro benzene ring substituents is 1. The first-order valence-electron chi connectivity index (χ1n) is 15.2. The van der Waals surface area contributed by atoms with Crippen molar-refractivity contribution in [1.82, 2.24) is 10.6 Å². The summed E-state index contributed by atoms with van der Waals surface area (Å²) in [5.74, 6) is -1.14. The Labute approximate surface area is 291 Å². The molecule has 0 saturated carbocycles. The van der Waals surface area contributed by atoms with Gasteiger partial charge in [-0.1, -0.05) is 25.1 Å². The van der Waals surface area contributed by atoms with Crippen LogP contribution in [0.25, 0.3) is 0 Å². The van der Waals surface area contributed by atoms with Crippen LogP contribution in [0.1, 0.15) is 31.4 Å². The van der Waals surface area contributed by atoms with E-state index in [0.717, 1.165) is 6.42 Å². The van der Waals surface area contributed by atoms with Crippen molar-refractivity contribution in [3.63, 3.8) is 0 Å². The smallest absolute Gasteiger partial charge is 0.417 e. The highest BCUT2D eigenvalue weighted by atomic mass is 32.2. The fourth-order valence-corrected chi connectivity index (χ4v) is 5.56. The molecular weight excluding hydrogens is 686 g/mol. The number of aliphatic carboxylic acids is 1.